The lowest BCUT2D eigenvalue weighted by molar-refractivity contribution is -0.139. The van der Waals surface area contributed by atoms with E-state index in [1.165, 1.54) is 17.8 Å². The van der Waals surface area contributed by atoms with Gasteiger partial charge in [-0.15, -0.1) is 11.8 Å². The summed E-state index contributed by atoms with van der Waals surface area (Å²) in [6.45, 7) is 5.92. The number of pyridine rings is 1. The number of likely N-dealkylation sites (tertiary alicyclic amines) is 2. The molecule has 3 aliphatic heterocycles. The molecule has 12 heteroatoms. The van der Waals surface area contributed by atoms with E-state index in [4.69, 9.17) is 5.10 Å². The molecule has 3 aliphatic rings. The van der Waals surface area contributed by atoms with Crippen LogP contribution in [-0.2, 0) is 25.7 Å². The van der Waals surface area contributed by atoms with Crippen molar-refractivity contribution in [2.75, 3.05) is 51.6 Å². The zero-order valence-electron chi connectivity index (χ0n) is 25.5. The van der Waals surface area contributed by atoms with Crippen LogP contribution in [0.2, 0.25) is 0 Å². The van der Waals surface area contributed by atoms with Crippen LogP contribution in [0, 0.1) is 0 Å². The molecule has 2 fully saturated rings. The summed E-state index contributed by atoms with van der Waals surface area (Å²) in [5, 5.41) is 19.4. The zero-order valence-corrected chi connectivity index (χ0v) is 26.3. The molecule has 0 spiro atoms. The number of nitrogens with zero attached hydrogens (tertiary/aromatic N) is 5. The number of aliphatic hydroxyl groups excluding tert-OH is 1. The van der Waals surface area contributed by atoms with E-state index in [2.05, 4.69) is 26.2 Å². The van der Waals surface area contributed by atoms with Crippen LogP contribution in [0.25, 0.3) is 11.3 Å². The first-order valence-corrected chi connectivity index (χ1v) is 17.0. The Morgan fingerprint density at radius 3 is 2.51 bits per heavy atom. The zero-order chi connectivity index (χ0) is 31.4. The van der Waals surface area contributed by atoms with Crippen molar-refractivity contribution in [1.82, 2.24) is 29.9 Å². The Bertz CT molecular complexity index is 1400. The van der Waals surface area contributed by atoms with Crippen molar-refractivity contribution in [1.29, 1.82) is 0 Å². The highest BCUT2D eigenvalue weighted by Crippen LogP contribution is 2.40. The molecule has 2 N–H and O–H groups in total. The number of hydrogen-bond donors (Lipinski definition) is 2. The van der Waals surface area contributed by atoms with Gasteiger partial charge >= 0.3 is 6.18 Å². The predicted molar refractivity (Wildman–Crippen MR) is 168 cm³/mol. The maximum absolute atomic E-state index is 14.0. The van der Waals surface area contributed by atoms with Gasteiger partial charge in [0.2, 0.25) is 0 Å². The number of piperidine rings is 2. The van der Waals surface area contributed by atoms with Gasteiger partial charge in [-0.25, -0.2) is 4.39 Å². The van der Waals surface area contributed by atoms with Crippen molar-refractivity contribution in [2.45, 2.75) is 74.5 Å². The van der Waals surface area contributed by atoms with Gasteiger partial charge in [-0.2, -0.15) is 18.3 Å². The van der Waals surface area contributed by atoms with Crippen LogP contribution in [0.15, 0.2) is 47.5 Å². The second kappa shape index (κ2) is 14.5. The molecule has 0 radical (unpaired) electrons. The average Bonchev–Trinajstić information content (AvgIpc) is 3.40. The molecule has 2 saturated heterocycles. The molecule has 6 rings (SSSR count). The third-order valence-corrected chi connectivity index (χ3v) is 10.3. The monoisotopic (exact) mass is 646 g/mol. The third kappa shape index (κ3) is 8.08. The molecule has 7 nitrogen and oxygen atoms in total. The fraction of sp³-hybridized carbons (Fsp3) is 0.576. The quantitative estimate of drug-likeness (QED) is 0.227. The largest absolute Gasteiger partial charge is 0.417 e. The summed E-state index contributed by atoms with van der Waals surface area (Å²) in [6.07, 6.45) is -0.327. The third-order valence-electron chi connectivity index (χ3n) is 9.30. The van der Waals surface area contributed by atoms with Gasteiger partial charge in [0.25, 0.3) is 0 Å². The Morgan fingerprint density at radius 1 is 1.00 bits per heavy atom. The Balaban J connectivity index is 1.14. The van der Waals surface area contributed by atoms with Crippen LogP contribution in [-0.4, -0.2) is 93.5 Å². The van der Waals surface area contributed by atoms with Gasteiger partial charge < -0.3 is 20.2 Å². The molecular formula is C33H42F4N6OS. The summed E-state index contributed by atoms with van der Waals surface area (Å²) in [4.78, 5) is 9.11. The van der Waals surface area contributed by atoms with E-state index in [-0.39, 0.29) is 4.90 Å². The van der Waals surface area contributed by atoms with Crippen LogP contribution in [0.4, 0.5) is 17.6 Å². The number of nitrogens with one attached hydrogen (secondary N) is 1. The first-order chi connectivity index (χ1) is 21.7. The fourth-order valence-electron chi connectivity index (χ4n) is 6.82. The fourth-order valence-corrected chi connectivity index (χ4v) is 7.94. The number of aliphatic hydroxyl groups is 1. The lowest BCUT2D eigenvalue weighted by Gasteiger charge is -2.33. The van der Waals surface area contributed by atoms with E-state index in [1.54, 1.807) is 6.07 Å². The Hall–Kier alpha value is -2.51. The molecule has 0 amide bonds. The van der Waals surface area contributed by atoms with Crippen molar-refractivity contribution in [2.24, 2.45) is 0 Å². The van der Waals surface area contributed by atoms with E-state index in [0.717, 1.165) is 61.9 Å². The standard InChI is InChI=1S/C33H42F4N6OS/c34-25-9-15-41(16-10-25)17-18-45-31-19-24(4-5-28(31)33(35,36)37)32-27-20-38-12-6-30(27)43(40-32)22-26(44)21-42-13-7-23(8-14-42)29-3-1-2-11-39-29/h1-5,11,19,23,25-26,38,44H,6-10,12-18,20-22H2/t26-/m0/s1. The second-order valence-electron chi connectivity index (χ2n) is 12.4. The summed E-state index contributed by atoms with van der Waals surface area (Å²) < 4.78 is 57.4. The molecule has 2 aromatic heterocycles. The van der Waals surface area contributed by atoms with Crippen molar-refractivity contribution in [3.8, 4) is 11.3 Å². The number of halogens is 4. The molecule has 0 unspecified atom stereocenters. The summed E-state index contributed by atoms with van der Waals surface area (Å²) in [6, 6.07) is 10.3. The van der Waals surface area contributed by atoms with Gasteiger partial charge in [-0.05, 0) is 63.0 Å². The van der Waals surface area contributed by atoms with Crippen LogP contribution < -0.4 is 5.32 Å². The summed E-state index contributed by atoms with van der Waals surface area (Å²) >= 11 is 1.20. The van der Waals surface area contributed by atoms with Crippen LogP contribution >= 0.6 is 11.8 Å². The van der Waals surface area contributed by atoms with E-state index in [0.29, 0.717) is 75.0 Å². The number of fused-ring (bicyclic) bond motifs is 1. The molecule has 1 aromatic carbocycles. The van der Waals surface area contributed by atoms with Crippen molar-refractivity contribution >= 4 is 11.8 Å². The second-order valence-corrected chi connectivity index (χ2v) is 13.6. The van der Waals surface area contributed by atoms with Crippen molar-refractivity contribution in [3.63, 3.8) is 0 Å². The number of hydrogen-bond acceptors (Lipinski definition) is 7. The van der Waals surface area contributed by atoms with Gasteiger partial charge in [-0.3, -0.25) is 9.67 Å². The van der Waals surface area contributed by atoms with Gasteiger partial charge in [0.05, 0.1) is 23.9 Å². The summed E-state index contributed by atoms with van der Waals surface area (Å²) in [7, 11) is 0. The van der Waals surface area contributed by atoms with Gasteiger partial charge in [0.1, 0.15) is 6.17 Å². The van der Waals surface area contributed by atoms with Crippen molar-refractivity contribution < 1.29 is 22.7 Å². The smallest absolute Gasteiger partial charge is 0.390 e. The average molecular weight is 647 g/mol. The Morgan fingerprint density at radius 2 is 1.78 bits per heavy atom. The highest BCUT2D eigenvalue weighted by Gasteiger charge is 2.34. The highest BCUT2D eigenvalue weighted by atomic mass is 32.2. The number of aromatic nitrogens is 3. The molecule has 3 aromatic rings. The topological polar surface area (TPSA) is 69.5 Å². The molecule has 45 heavy (non-hydrogen) atoms. The minimum absolute atomic E-state index is 0.182. The molecule has 1 atom stereocenters. The predicted octanol–water partition coefficient (Wildman–Crippen LogP) is 5.38. The number of benzene rings is 1. The van der Waals surface area contributed by atoms with Crippen LogP contribution in [0.3, 0.4) is 0 Å². The lowest BCUT2D eigenvalue weighted by Crippen LogP contribution is -2.40. The maximum atomic E-state index is 14.0. The van der Waals surface area contributed by atoms with Crippen LogP contribution in [0.5, 0.6) is 0 Å². The van der Waals surface area contributed by atoms with Crippen molar-refractivity contribution in [3.05, 3.63) is 65.1 Å². The Kier molecular flexibility index (Phi) is 10.5. The minimum Gasteiger partial charge on any atom is -0.390 e. The molecule has 244 valence electrons. The van der Waals surface area contributed by atoms with Gasteiger partial charge in [-0.1, -0.05) is 12.1 Å². The minimum atomic E-state index is -4.47. The van der Waals surface area contributed by atoms with E-state index >= 15 is 0 Å². The highest BCUT2D eigenvalue weighted by molar-refractivity contribution is 7.99. The number of alkyl halides is 4. The molecule has 0 bridgehead atoms. The number of rotatable bonds is 10. The van der Waals surface area contributed by atoms with E-state index in [9.17, 15) is 22.7 Å². The normalized spacial score (nSPS) is 19.9. The number of thioether (sulfide) groups is 1. The van der Waals surface area contributed by atoms with Crippen LogP contribution in [0.1, 0.15) is 54.1 Å². The Labute approximate surface area is 266 Å². The molecule has 0 saturated carbocycles. The number of β-amino-alcohol motifs (C(OH)–C–C–N with tert-alkyl or cyclic N) is 1. The SMILES string of the molecule is O[C@@H](CN1CCC(c2ccccn2)CC1)Cn1nc(-c2ccc(C(F)(F)F)c(SCCN3CCC(F)CC3)c2)c2c1CCNC2. The maximum Gasteiger partial charge on any atom is 0.417 e. The first kappa shape index (κ1) is 32.4. The van der Waals surface area contributed by atoms with Gasteiger partial charge in [0.15, 0.2) is 0 Å². The lowest BCUT2D eigenvalue weighted by atomic mass is 9.93. The summed E-state index contributed by atoms with van der Waals surface area (Å²) in [5.41, 5.74) is 3.81. The summed E-state index contributed by atoms with van der Waals surface area (Å²) in [5.74, 6) is 0.927. The van der Waals surface area contributed by atoms with Gasteiger partial charge in [0, 0.05) is 91.0 Å². The van der Waals surface area contributed by atoms with E-state index < -0.39 is 24.0 Å². The molecular weight excluding hydrogens is 604 g/mol. The molecule has 5 heterocycles. The van der Waals surface area contributed by atoms with E-state index in [1.807, 2.05) is 23.0 Å². The first-order valence-electron chi connectivity index (χ1n) is 16.1. The molecule has 0 aliphatic carbocycles.